The Bertz CT molecular complexity index is 881. The van der Waals surface area contributed by atoms with E-state index in [0.29, 0.717) is 12.0 Å². The lowest BCUT2D eigenvalue weighted by atomic mass is 10.0. The maximum atomic E-state index is 12.4. The van der Waals surface area contributed by atoms with Crippen LogP contribution in [0.25, 0.3) is 6.08 Å². The van der Waals surface area contributed by atoms with Crippen molar-refractivity contribution in [2.75, 3.05) is 5.32 Å². The molecule has 0 spiro atoms. The van der Waals surface area contributed by atoms with Crippen molar-refractivity contribution in [1.82, 2.24) is 0 Å². The quantitative estimate of drug-likeness (QED) is 0.133. The second-order valence-corrected chi connectivity index (χ2v) is 9.73. The minimum Gasteiger partial charge on any atom is -0.326 e. The van der Waals surface area contributed by atoms with E-state index in [9.17, 15) is 9.59 Å². The summed E-state index contributed by atoms with van der Waals surface area (Å²) in [7, 11) is 0. The minimum absolute atomic E-state index is 0.0459. The molecule has 0 aliphatic carbocycles. The third kappa shape index (κ3) is 13.1. The van der Waals surface area contributed by atoms with Gasteiger partial charge in [-0.15, -0.1) is 0 Å². The molecular weight excluding hydrogens is 430 g/mol. The molecule has 1 N–H and O–H groups in total. The zero-order valence-electron chi connectivity index (χ0n) is 22.0. The third-order valence-corrected chi connectivity index (χ3v) is 6.47. The van der Waals surface area contributed by atoms with Crippen LogP contribution in [0.3, 0.4) is 0 Å². The van der Waals surface area contributed by atoms with Gasteiger partial charge in [-0.25, -0.2) is 0 Å². The summed E-state index contributed by atoms with van der Waals surface area (Å²) in [4.78, 5) is 24.6. The first kappa shape index (κ1) is 28.6. The fourth-order valence-electron chi connectivity index (χ4n) is 4.19. The van der Waals surface area contributed by atoms with Gasteiger partial charge in [0.1, 0.15) is 0 Å². The third-order valence-electron chi connectivity index (χ3n) is 6.47. The number of ketones is 1. The van der Waals surface area contributed by atoms with Crippen molar-refractivity contribution in [2.45, 2.75) is 104 Å². The van der Waals surface area contributed by atoms with Gasteiger partial charge in [-0.1, -0.05) is 120 Å². The normalized spacial score (nSPS) is 11.1. The summed E-state index contributed by atoms with van der Waals surface area (Å²) in [6.45, 7) is 4.31. The van der Waals surface area contributed by atoms with Gasteiger partial charge < -0.3 is 5.32 Å². The van der Waals surface area contributed by atoms with Crippen LogP contribution < -0.4 is 5.32 Å². The summed E-state index contributed by atoms with van der Waals surface area (Å²) in [5.74, 6) is 0.00171. The van der Waals surface area contributed by atoms with E-state index in [1.165, 1.54) is 76.2 Å². The number of carbonyl (C=O) groups excluding carboxylic acids is 2. The zero-order chi connectivity index (χ0) is 25.1. The van der Waals surface area contributed by atoms with Crippen LogP contribution in [0.2, 0.25) is 0 Å². The van der Waals surface area contributed by atoms with Crippen LogP contribution in [-0.4, -0.2) is 11.7 Å². The summed E-state index contributed by atoms with van der Waals surface area (Å²) in [5.41, 5.74) is 3.55. The number of unbranched alkanes of at least 4 members (excludes halogenated alkanes) is 12. The van der Waals surface area contributed by atoms with E-state index in [2.05, 4.69) is 12.2 Å². The van der Waals surface area contributed by atoms with E-state index in [-0.39, 0.29) is 11.7 Å². The zero-order valence-corrected chi connectivity index (χ0v) is 22.0. The molecule has 2 aromatic rings. The van der Waals surface area contributed by atoms with Gasteiger partial charge in [-0.2, -0.15) is 0 Å². The molecule has 0 atom stereocenters. The summed E-state index contributed by atoms with van der Waals surface area (Å²) >= 11 is 0. The van der Waals surface area contributed by atoms with Crippen molar-refractivity contribution in [2.24, 2.45) is 0 Å². The summed E-state index contributed by atoms with van der Waals surface area (Å²) in [6.07, 6.45) is 20.9. The number of carbonyl (C=O) groups is 2. The van der Waals surface area contributed by atoms with Crippen LogP contribution in [0.15, 0.2) is 54.6 Å². The van der Waals surface area contributed by atoms with E-state index in [0.717, 1.165) is 24.1 Å². The average Bonchev–Trinajstić information content (AvgIpc) is 2.86. The SMILES string of the molecule is CCCCCCCCCCCCCCCC(=O)Nc1ccc(C(=O)/C=C/c2ccc(C)cc2)cc1. The Labute approximate surface area is 213 Å². The summed E-state index contributed by atoms with van der Waals surface area (Å²) in [6, 6.07) is 15.2. The van der Waals surface area contributed by atoms with Crippen molar-refractivity contribution >= 4 is 23.5 Å². The molecule has 0 aliphatic rings. The van der Waals surface area contributed by atoms with Gasteiger partial charge >= 0.3 is 0 Å². The molecule has 0 radical (unpaired) electrons. The first-order chi connectivity index (χ1) is 17.1. The average molecular weight is 476 g/mol. The number of aryl methyl sites for hydroxylation is 1. The molecule has 2 aromatic carbocycles. The maximum absolute atomic E-state index is 12.4. The van der Waals surface area contributed by atoms with Crippen molar-refractivity contribution in [3.05, 3.63) is 71.3 Å². The number of amides is 1. The molecule has 3 nitrogen and oxygen atoms in total. The molecule has 0 aliphatic heterocycles. The highest BCUT2D eigenvalue weighted by atomic mass is 16.1. The van der Waals surface area contributed by atoms with E-state index >= 15 is 0 Å². The standard InChI is InChI=1S/C32H45NO2/c1-3-4-5-6-7-8-9-10-11-12-13-14-15-16-32(35)33-30-24-22-29(23-25-30)31(34)26-21-28-19-17-27(2)18-20-28/h17-26H,3-16H2,1-2H3,(H,33,35)/b26-21+. The van der Waals surface area contributed by atoms with Crippen LogP contribution in [0.5, 0.6) is 0 Å². The van der Waals surface area contributed by atoms with E-state index < -0.39 is 0 Å². The minimum atomic E-state index is -0.0459. The number of anilines is 1. The maximum Gasteiger partial charge on any atom is 0.224 e. The molecule has 0 aromatic heterocycles. The van der Waals surface area contributed by atoms with Crippen LogP contribution in [0, 0.1) is 6.92 Å². The Morgan fingerprint density at radius 3 is 1.74 bits per heavy atom. The van der Waals surface area contributed by atoms with Crippen molar-refractivity contribution < 1.29 is 9.59 Å². The van der Waals surface area contributed by atoms with Gasteiger partial charge in [0.05, 0.1) is 0 Å². The molecule has 190 valence electrons. The molecule has 0 saturated heterocycles. The summed E-state index contributed by atoms with van der Waals surface area (Å²) < 4.78 is 0. The Balaban J connectivity index is 1.53. The Kier molecular flexibility index (Phi) is 14.5. The molecule has 0 bridgehead atoms. The highest BCUT2D eigenvalue weighted by Gasteiger charge is 2.05. The van der Waals surface area contributed by atoms with Crippen LogP contribution in [-0.2, 0) is 4.79 Å². The van der Waals surface area contributed by atoms with Gasteiger partial charge in [0.15, 0.2) is 5.78 Å². The fourth-order valence-corrected chi connectivity index (χ4v) is 4.19. The Morgan fingerprint density at radius 2 is 1.20 bits per heavy atom. The monoisotopic (exact) mass is 475 g/mol. The lowest BCUT2D eigenvalue weighted by Crippen LogP contribution is -2.11. The molecule has 1 amide bonds. The topological polar surface area (TPSA) is 46.2 Å². The second kappa shape index (κ2) is 17.7. The number of benzene rings is 2. The molecule has 0 unspecified atom stereocenters. The number of allylic oxidation sites excluding steroid dienone is 1. The van der Waals surface area contributed by atoms with Crippen molar-refractivity contribution in [1.29, 1.82) is 0 Å². The van der Waals surface area contributed by atoms with Crippen LogP contribution >= 0.6 is 0 Å². The van der Waals surface area contributed by atoms with Crippen molar-refractivity contribution in [3.8, 4) is 0 Å². The lowest BCUT2D eigenvalue weighted by molar-refractivity contribution is -0.116. The van der Waals surface area contributed by atoms with Gasteiger partial charge in [0.25, 0.3) is 0 Å². The van der Waals surface area contributed by atoms with Gasteiger partial charge in [0, 0.05) is 17.7 Å². The van der Waals surface area contributed by atoms with Gasteiger partial charge in [0.2, 0.25) is 5.91 Å². The molecule has 0 saturated carbocycles. The Morgan fingerprint density at radius 1 is 0.686 bits per heavy atom. The second-order valence-electron chi connectivity index (χ2n) is 9.73. The smallest absolute Gasteiger partial charge is 0.224 e. The molecule has 2 rings (SSSR count). The largest absolute Gasteiger partial charge is 0.326 e. The molecule has 3 heteroatoms. The van der Waals surface area contributed by atoms with Crippen LogP contribution in [0.1, 0.15) is 118 Å². The Hall–Kier alpha value is -2.68. The first-order valence-electron chi connectivity index (χ1n) is 13.8. The number of nitrogens with one attached hydrogen (secondary N) is 1. The predicted molar refractivity (Wildman–Crippen MR) is 150 cm³/mol. The number of hydrogen-bond acceptors (Lipinski definition) is 2. The highest BCUT2D eigenvalue weighted by molar-refractivity contribution is 6.07. The van der Waals surface area contributed by atoms with E-state index in [1.807, 2.05) is 37.3 Å². The molecular formula is C32H45NO2. The molecule has 0 heterocycles. The number of hydrogen-bond donors (Lipinski definition) is 1. The molecule has 0 fully saturated rings. The summed E-state index contributed by atoms with van der Waals surface area (Å²) in [5, 5.41) is 2.95. The highest BCUT2D eigenvalue weighted by Crippen LogP contribution is 2.15. The number of rotatable bonds is 18. The van der Waals surface area contributed by atoms with Gasteiger partial charge in [-0.3, -0.25) is 9.59 Å². The predicted octanol–water partition coefficient (Wildman–Crippen LogP) is 9.31. The fraction of sp³-hybridized carbons (Fsp3) is 0.500. The van der Waals surface area contributed by atoms with Gasteiger partial charge in [-0.05, 0) is 49.2 Å². The van der Waals surface area contributed by atoms with E-state index in [4.69, 9.17) is 0 Å². The first-order valence-corrected chi connectivity index (χ1v) is 13.8. The molecule has 35 heavy (non-hydrogen) atoms. The van der Waals surface area contributed by atoms with Crippen molar-refractivity contribution in [3.63, 3.8) is 0 Å². The lowest BCUT2D eigenvalue weighted by Gasteiger charge is -2.06. The van der Waals surface area contributed by atoms with E-state index in [1.54, 1.807) is 30.3 Å². The van der Waals surface area contributed by atoms with Crippen LogP contribution in [0.4, 0.5) is 5.69 Å².